The molecule has 0 aromatic heterocycles. The number of hydrogen-bond donors (Lipinski definition) is 0. The fraction of sp³-hybridized carbons (Fsp3) is 0.333. The smallest absolute Gasteiger partial charge is 0.254 e. The van der Waals surface area contributed by atoms with Crippen LogP contribution in [-0.4, -0.2) is 35.7 Å². The summed E-state index contributed by atoms with van der Waals surface area (Å²) in [5, 5.41) is 4.03. The Labute approximate surface area is 149 Å². The van der Waals surface area contributed by atoms with Gasteiger partial charge in [-0.15, -0.1) is 0 Å². The molecule has 1 saturated heterocycles. The van der Waals surface area contributed by atoms with E-state index in [9.17, 15) is 4.79 Å². The van der Waals surface area contributed by atoms with E-state index in [2.05, 4.69) is 38.1 Å². The maximum atomic E-state index is 13.0. The maximum absolute atomic E-state index is 13.0. The topological polar surface area (TPSA) is 41.9 Å². The molecular weight excluding hydrogens is 312 g/mol. The molecule has 1 fully saturated rings. The van der Waals surface area contributed by atoms with E-state index in [0.29, 0.717) is 12.1 Å². The number of aryl methyl sites for hydroxylation is 1. The Morgan fingerprint density at radius 1 is 1.12 bits per heavy atom. The van der Waals surface area contributed by atoms with Crippen LogP contribution in [0.4, 0.5) is 0 Å². The van der Waals surface area contributed by atoms with Crippen LogP contribution in [0.15, 0.2) is 53.7 Å². The SMILES string of the molecule is CON=C1CN(C(=O)c2ccc(-c3ccccc3C)cc2)C(C)(C)C1. The lowest BCUT2D eigenvalue weighted by Crippen LogP contribution is -2.42. The molecule has 4 nitrogen and oxygen atoms in total. The van der Waals surface area contributed by atoms with Crippen LogP contribution in [0.5, 0.6) is 0 Å². The minimum absolute atomic E-state index is 0.0302. The van der Waals surface area contributed by atoms with Gasteiger partial charge in [0, 0.05) is 17.5 Å². The molecule has 0 aliphatic carbocycles. The zero-order valence-corrected chi connectivity index (χ0v) is 15.2. The fourth-order valence-electron chi connectivity index (χ4n) is 3.43. The lowest BCUT2D eigenvalue weighted by molar-refractivity contribution is 0.0654. The highest BCUT2D eigenvalue weighted by Crippen LogP contribution is 2.30. The molecule has 1 aliphatic heterocycles. The van der Waals surface area contributed by atoms with Gasteiger partial charge in [-0.25, -0.2) is 0 Å². The van der Waals surface area contributed by atoms with Crippen LogP contribution in [0.3, 0.4) is 0 Å². The summed E-state index contributed by atoms with van der Waals surface area (Å²) in [6, 6.07) is 16.1. The van der Waals surface area contributed by atoms with E-state index in [-0.39, 0.29) is 11.4 Å². The average Bonchev–Trinajstić information content (AvgIpc) is 2.89. The first-order valence-corrected chi connectivity index (χ1v) is 8.49. The third-order valence-electron chi connectivity index (χ3n) is 4.76. The average molecular weight is 336 g/mol. The van der Waals surface area contributed by atoms with Crippen molar-refractivity contribution in [1.82, 2.24) is 4.90 Å². The second-order valence-corrected chi connectivity index (χ2v) is 7.11. The van der Waals surface area contributed by atoms with Crippen LogP contribution in [0.25, 0.3) is 11.1 Å². The first-order valence-electron chi connectivity index (χ1n) is 8.49. The highest BCUT2D eigenvalue weighted by atomic mass is 16.6. The zero-order valence-electron chi connectivity index (χ0n) is 15.2. The molecule has 0 atom stereocenters. The van der Waals surface area contributed by atoms with Crippen LogP contribution in [-0.2, 0) is 4.84 Å². The van der Waals surface area contributed by atoms with Crippen molar-refractivity contribution in [2.24, 2.45) is 5.16 Å². The Kier molecular flexibility index (Phi) is 4.62. The highest BCUT2D eigenvalue weighted by molar-refractivity contribution is 6.01. The Hall–Kier alpha value is -2.62. The van der Waals surface area contributed by atoms with Crippen LogP contribution < -0.4 is 0 Å². The molecule has 2 aromatic carbocycles. The van der Waals surface area contributed by atoms with E-state index < -0.39 is 0 Å². The molecule has 3 rings (SSSR count). The van der Waals surface area contributed by atoms with E-state index in [4.69, 9.17) is 4.84 Å². The van der Waals surface area contributed by atoms with Gasteiger partial charge in [-0.1, -0.05) is 41.6 Å². The summed E-state index contributed by atoms with van der Waals surface area (Å²) >= 11 is 0. The van der Waals surface area contributed by atoms with Crippen molar-refractivity contribution in [3.05, 3.63) is 59.7 Å². The van der Waals surface area contributed by atoms with Gasteiger partial charge in [0.25, 0.3) is 5.91 Å². The number of nitrogens with zero attached hydrogens (tertiary/aromatic N) is 2. The second-order valence-electron chi connectivity index (χ2n) is 7.11. The van der Waals surface area contributed by atoms with Crippen molar-refractivity contribution in [2.45, 2.75) is 32.7 Å². The number of carbonyl (C=O) groups excluding carboxylic acids is 1. The van der Waals surface area contributed by atoms with Crippen LogP contribution >= 0.6 is 0 Å². The minimum Gasteiger partial charge on any atom is -0.399 e. The highest BCUT2D eigenvalue weighted by Gasteiger charge is 2.39. The molecule has 0 spiro atoms. The van der Waals surface area contributed by atoms with E-state index in [1.54, 1.807) is 0 Å². The Morgan fingerprint density at radius 3 is 2.44 bits per heavy atom. The van der Waals surface area contributed by atoms with Crippen molar-refractivity contribution >= 4 is 11.6 Å². The molecule has 1 amide bonds. The molecular formula is C21H24N2O2. The van der Waals surface area contributed by atoms with Gasteiger partial charge in [-0.3, -0.25) is 4.79 Å². The van der Waals surface area contributed by atoms with Crippen LogP contribution in [0, 0.1) is 6.92 Å². The molecule has 0 radical (unpaired) electrons. The van der Waals surface area contributed by atoms with Gasteiger partial charge in [0.1, 0.15) is 7.11 Å². The van der Waals surface area contributed by atoms with E-state index in [1.807, 2.05) is 41.3 Å². The number of likely N-dealkylation sites (tertiary alicyclic amines) is 1. The molecule has 2 aromatic rings. The lowest BCUT2D eigenvalue weighted by Gasteiger charge is -2.31. The zero-order chi connectivity index (χ0) is 18.0. The third-order valence-corrected chi connectivity index (χ3v) is 4.76. The van der Waals surface area contributed by atoms with Gasteiger partial charge < -0.3 is 9.74 Å². The van der Waals surface area contributed by atoms with Gasteiger partial charge in [0.15, 0.2) is 0 Å². The number of rotatable bonds is 3. The molecule has 0 N–H and O–H groups in total. The van der Waals surface area contributed by atoms with Crippen molar-refractivity contribution in [1.29, 1.82) is 0 Å². The van der Waals surface area contributed by atoms with Crippen molar-refractivity contribution in [2.75, 3.05) is 13.7 Å². The second kappa shape index (κ2) is 6.71. The van der Waals surface area contributed by atoms with Crippen LogP contribution in [0.1, 0.15) is 36.2 Å². The standard InChI is InChI=1S/C21H24N2O2/c1-15-7-5-6-8-19(15)16-9-11-17(12-10-16)20(24)23-14-18(22-25-4)13-21(23,2)3/h5-12H,13-14H2,1-4H3. The fourth-order valence-corrected chi connectivity index (χ4v) is 3.43. The number of oxime groups is 1. The Balaban J connectivity index is 1.84. The predicted molar refractivity (Wildman–Crippen MR) is 101 cm³/mol. The first-order chi connectivity index (χ1) is 11.9. The third kappa shape index (κ3) is 3.43. The van der Waals surface area contributed by atoms with E-state index in [0.717, 1.165) is 17.7 Å². The van der Waals surface area contributed by atoms with Crippen LogP contribution in [0.2, 0.25) is 0 Å². The monoisotopic (exact) mass is 336 g/mol. The number of benzene rings is 2. The number of amides is 1. The lowest BCUT2D eigenvalue weighted by atomic mass is 9.98. The summed E-state index contributed by atoms with van der Waals surface area (Å²) in [5.41, 5.74) is 4.88. The Morgan fingerprint density at radius 2 is 1.80 bits per heavy atom. The molecule has 25 heavy (non-hydrogen) atoms. The number of hydrogen-bond acceptors (Lipinski definition) is 3. The largest absolute Gasteiger partial charge is 0.399 e. The maximum Gasteiger partial charge on any atom is 0.254 e. The minimum atomic E-state index is -0.261. The van der Waals surface area contributed by atoms with Gasteiger partial charge in [0.05, 0.1) is 12.3 Å². The summed E-state index contributed by atoms with van der Waals surface area (Å²) in [6.07, 6.45) is 0.730. The van der Waals surface area contributed by atoms with Crippen molar-refractivity contribution in [3.63, 3.8) is 0 Å². The molecule has 0 saturated carbocycles. The van der Waals surface area contributed by atoms with Gasteiger partial charge in [-0.05, 0) is 49.6 Å². The summed E-state index contributed by atoms with van der Waals surface area (Å²) < 4.78 is 0. The first kappa shape index (κ1) is 17.2. The summed E-state index contributed by atoms with van der Waals surface area (Å²) in [7, 11) is 1.54. The summed E-state index contributed by atoms with van der Waals surface area (Å²) in [5.74, 6) is 0.0302. The quantitative estimate of drug-likeness (QED) is 0.785. The van der Waals surface area contributed by atoms with Crippen molar-refractivity contribution in [3.8, 4) is 11.1 Å². The van der Waals surface area contributed by atoms with E-state index in [1.165, 1.54) is 18.2 Å². The molecule has 1 heterocycles. The van der Waals surface area contributed by atoms with E-state index >= 15 is 0 Å². The predicted octanol–water partition coefficient (Wildman–Crippen LogP) is 4.29. The normalized spacial score (nSPS) is 17.8. The summed E-state index contributed by atoms with van der Waals surface area (Å²) in [4.78, 5) is 19.7. The van der Waals surface area contributed by atoms with Crippen molar-refractivity contribution < 1.29 is 9.63 Å². The van der Waals surface area contributed by atoms with Gasteiger partial charge >= 0.3 is 0 Å². The van der Waals surface area contributed by atoms with Gasteiger partial charge in [-0.2, -0.15) is 0 Å². The molecule has 0 bridgehead atoms. The summed E-state index contributed by atoms with van der Waals surface area (Å²) in [6.45, 7) is 6.73. The number of carbonyl (C=O) groups is 1. The molecule has 0 unspecified atom stereocenters. The van der Waals surface area contributed by atoms with Gasteiger partial charge in [0.2, 0.25) is 0 Å². The molecule has 4 heteroatoms. The molecule has 1 aliphatic rings. The Bertz CT molecular complexity index is 807. The molecule has 130 valence electrons.